The van der Waals surface area contributed by atoms with Gasteiger partial charge in [-0.05, 0) is 48.1 Å². The van der Waals surface area contributed by atoms with E-state index in [9.17, 15) is 4.79 Å². The van der Waals surface area contributed by atoms with Gasteiger partial charge in [-0.1, -0.05) is 47.5 Å². The van der Waals surface area contributed by atoms with Gasteiger partial charge >= 0.3 is 0 Å². The Bertz CT molecular complexity index is 943. The Morgan fingerprint density at radius 1 is 1.22 bits per heavy atom. The molecular weight excluding hydrogens is 405 g/mol. The minimum atomic E-state index is -0.292. The second kappa shape index (κ2) is 8.57. The maximum Gasteiger partial charge on any atom is 0.297 e. The van der Waals surface area contributed by atoms with Gasteiger partial charge in [0, 0.05) is 22.2 Å². The van der Waals surface area contributed by atoms with Crippen LogP contribution >= 0.6 is 35.4 Å². The summed E-state index contributed by atoms with van der Waals surface area (Å²) in [6, 6.07) is 12.5. The van der Waals surface area contributed by atoms with Gasteiger partial charge in [0.05, 0.1) is 0 Å². The molecule has 0 spiro atoms. The van der Waals surface area contributed by atoms with Crippen molar-refractivity contribution >= 4 is 52.6 Å². The number of hydrogen-bond acceptors (Lipinski definition) is 4. The molecule has 0 aromatic heterocycles. The maximum atomic E-state index is 12.3. The normalized spacial score (nSPS) is 15.2. The molecule has 27 heavy (non-hydrogen) atoms. The molecule has 1 amide bonds. The summed E-state index contributed by atoms with van der Waals surface area (Å²) in [5, 5.41) is 1.24. The van der Waals surface area contributed by atoms with Gasteiger partial charge in [0.1, 0.15) is 12.4 Å². The SMILES string of the molecule is C=CCN1C(=O)C(=Cc2cccc(OCc3ccc(Cl)cc3Cl)c2)OC1=S. The van der Waals surface area contributed by atoms with Gasteiger partial charge in [0.15, 0.2) is 5.76 Å². The molecule has 0 N–H and O–H groups in total. The summed E-state index contributed by atoms with van der Waals surface area (Å²) in [6.07, 6.45) is 3.21. The second-order valence-corrected chi connectivity index (χ2v) is 6.87. The van der Waals surface area contributed by atoms with Crippen LogP contribution in [0.15, 0.2) is 60.9 Å². The number of rotatable bonds is 6. The highest BCUT2D eigenvalue weighted by Crippen LogP contribution is 2.25. The highest BCUT2D eigenvalue weighted by Gasteiger charge is 2.32. The monoisotopic (exact) mass is 419 g/mol. The van der Waals surface area contributed by atoms with Crippen LogP contribution < -0.4 is 4.74 Å². The predicted octanol–water partition coefficient (Wildman–Crippen LogP) is 5.24. The second-order valence-electron chi connectivity index (χ2n) is 5.68. The third-order valence-electron chi connectivity index (χ3n) is 3.75. The maximum absolute atomic E-state index is 12.3. The summed E-state index contributed by atoms with van der Waals surface area (Å²) >= 11 is 17.1. The first-order valence-electron chi connectivity index (χ1n) is 8.01. The predicted molar refractivity (Wildman–Crippen MR) is 111 cm³/mol. The minimum Gasteiger partial charge on any atom is -0.489 e. The lowest BCUT2D eigenvalue weighted by Gasteiger charge is -2.09. The van der Waals surface area contributed by atoms with E-state index < -0.39 is 0 Å². The van der Waals surface area contributed by atoms with Crippen LogP contribution in [0, 0.1) is 0 Å². The third-order valence-corrected chi connectivity index (χ3v) is 4.64. The Balaban J connectivity index is 1.73. The summed E-state index contributed by atoms with van der Waals surface area (Å²) < 4.78 is 11.2. The molecule has 2 aromatic rings. The quantitative estimate of drug-likeness (QED) is 0.364. The number of halogens is 2. The van der Waals surface area contributed by atoms with Crippen molar-refractivity contribution in [1.82, 2.24) is 4.90 Å². The molecule has 1 saturated heterocycles. The van der Waals surface area contributed by atoms with Crippen molar-refractivity contribution < 1.29 is 14.3 Å². The molecule has 0 radical (unpaired) electrons. The van der Waals surface area contributed by atoms with Gasteiger partial charge in [-0.25, -0.2) is 0 Å². The molecule has 4 nitrogen and oxygen atoms in total. The van der Waals surface area contributed by atoms with Gasteiger partial charge in [-0.2, -0.15) is 0 Å². The number of thiocarbonyl (C=S) groups is 1. The van der Waals surface area contributed by atoms with Gasteiger partial charge < -0.3 is 9.47 Å². The summed E-state index contributed by atoms with van der Waals surface area (Å²) in [5.74, 6) is 0.505. The number of amides is 1. The molecule has 0 bridgehead atoms. The van der Waals surface area contributed by atoms with E-state index in [0.29, 0.717) is 28.9 Å². The minimum absolute atomic E-state index is 0.121. The number of carbonyl (C=O) groups excluding carboxylic acids is 1. The van der Waals surface area contributed by atoms with E-state index in [1.165, 1.54) is 4.90 Å². The molecule has 1 aliphatic heterocycles. The molecular formula is C20H15Cl2NO3S. The zero-order chi connectivity index (χ0) is 19.4. The molecule has 3 rings (SSSR count). The van der Waals surface area contributed by atoms with Crippen LogP contribution in [0.2, 0.25) is 10.0 Å². The van der Waals surface area contributed by atoms with Crippen molar-refractivity contribution in [2.24, 2.45) is 0 Å². The zero-order valence-electron chi connectivity index (χ0n) is 14.2. The lowest BCUT2D eigenvalue weighted by molar-refractivity contribution is -0.122. The third kappa shape index (κ3) is 4.69. The summed E-state index contributed by atoms with van der Waals surface area (Å²) in [5.41, 5.74) is 1.57. The standard InChI is InChI=1S/C20H15Cl2NO3S/c1-2-8-23-19(24)18(26-20(23)27)10-13-4-3-5-16(9-13)25-12-14-6-7-15(21)11-17(14)22/h2-7,9-11H,1,8,12H2. The summed E-state index contributed by atoms with van der Waals surface area (Å²) in [6.45, 7) is 4.21. The Morgan fingerprint density at radius 2 is 2.04 bits per heavy atom. The van der Waals surface area contributed by atoms with E-state index in [2.05, 4.69) is 6.58 Å². The van der Waals surface area contributed by atoms with Crippen LogP contribution in [0.25, 0.3) is 6.08 Å². The fourth-order valence-electron chi connectivity index (χ4n) is 2.43. The van der Waals surface area contributed by atoms with Gasteiger partial charge in [0.2, 0.25) is 0 Å². The topological polar surface area (TPSA) is 38.8 Å². The van der Waals surface area contributed by atoms with Crippen LogP contribution in [0.1, 0.15) is 11.1 Å². The Hall–Kier alpha value is -2.34. The average molecular weight is 420 g/mol. The molecule has 0 atom stereocenters. The molecule has 0 saturated carbocycles. The Morgan fingerprint density at radius 3 is 2.78 bits per heavy atom. The van der Waals surface area contributed by atoms with E-state index >= 15 is 0 Å². The van der Waals surface area contributed by atoms with Crippen molar-refractivity contribution in [2.45, 2.75) is 6.61 Å². The first kappa shape index (κ1) is 19.4. The van der Waals surface area contributed by atoms with Crippen molar-refractivity contribution in [3.8, 4) is 5.75 Å². The van der Waals surface area contributed by atoms with Crippen molar-refractivity contribution in [2.75, 3.05) is 6.54 Å². The molecule has 0 unspecified atom stereocenters. The lowest BCUT2D eigenvalue weighted by Crippen LogP contribution is -2.28. The molecule has 1 heterocycles. The van der Waals surface area contributed by atoms with Gasteiger partial charge in [-0.15, -0.1) is 6.58 Å². The van der Waals surface area contributed by atoms with E-state index in [-0.39, 0.29) is 16.8 Å². The average Bonchev–Trinajstić information content (AvgIpc) is 2.89. The highest BCUT2D eigenvalue weighted by molar-refractivity contribution is 7.80. The fourth-order valence-corrected chi connectivity index (χ4v) is 3.14. The summed E-state index contributed by atoms with van der Waals surface area (Å²) in [7, 11) is 0. The molecule has 7 heteroatoms. The van der Waals surface area contributed by atoms with Crippen molar-refractivity contribution in [3.63, 3.8) is 0 Å². The van der Waals surface area contributed by atoms with Crippen molar-refractivity contribution in [3.05, 3.63) is 82.1 Å². The van der Waals surface area contributed by atoms with Crippen LogP contribution in [0.4, 0.5) is 0 Å². The first-order chi connectivity index (χ1) is 13.0. The van der Waals surface area contributed by atoms with Crippen LogP contribution in [0.3, 0.4) is 0 Å². The van der Waals surface area contributed by atoms with Crippen LogP contribution in [-0.4, -0.2) is 22.5 Å². The van der Waals surface area contributed by atoms with E-state index in [1.54, 1.807) is 30.4 Å². The summed E-state index contributed by atoms with van der Waals surface area (Å²) in [4.78, 5) is 13.7. The fraction of sp³-hybridized carbons (Fsp3) is 0.100. The van der Waals surface area contributed by atoms with E-state index in [1.807, 2.05) is 24.3 Å². The molecule has 1 aliphatic rings. The smallest absolute Gasteiger partial charge is 0.297 e. The zero-order valence-corrected chi connectivity index (χ0v) is 16.5. The lowest BCUT2D eigenvalue weighted by atomic mass is 10.2. The Kier molecular flexibility index (Phi) is 6.16. The molecule has 0 aliphatic carbocycles. The molecule has 138 valence electrons. The van der Waals surface area contributed by atoms with Crippen molar-refractivity contribution in [1.29, 1.82) is 0 Å². The number of hydrogen-bond donors (Lipinski definition) is 0. The molecule has 2 aromatic carbocycles. The van der Waals surface area contributed by atoms with E-state index in [4.69, 9.17) is 44.9 Å². The Labute approximate surface area is 172 Å². The largest absolute Gasteiger partial charge is 0.489 e. The molecule has 1 fully saturated rings. The van der Waals surface area contributed by atoms with Gasteiger partial charge in [-0.3, -0.25) is 9.69 Å². The van der Waals surface area contributed by atoms with Crippen LogP contribution in [-0.2, 0) is 16.1 Å². The highest BCUT2D eigenvalue weighted by atomic mass is 35.5. The first-order valence-corrected chi connectivity index (χ1v) is 9.17. The number of ether oxygens (including phenoxy) is 2. The van der Waals surface area contributed by atoms with Gasteiger partial charge in [0.25, 0.3) is 11.1 Å². The number of carbonyl (C=O) groups is 1. The number of benzene rings is 2. The number of nitrogens with zero attached hydrogens (tertiary/aromatic N) is 1. The van der Waals surface area contributed by atoms with E-state index in [0.717, 1.165) is 11.1 Å². The van der Waals surface area contributed by atoms with Crippen LogP contribution in [0.5, 0.6) is 5.75 Å².